The van der Waals surface area contributed by atoms with Gasteiger partial charge in [0.15, 0.2) is 5.78 Å². The van der Waals surface area contributed by atoms with Crippen LogP contribution in [0.4, 0.5) is 0 Å². The van der Waals surface area contributed by atoms with E-state index in [-0.39, 0.29) is 11.7 Å². The summed E-state index contributed by atoms with van der Waals surface area (Å²) in [6.07, 6.45) is 0.362. The Bertz CT molecular complexity index is 614. The van der Waals surface area contributed by atoms with E-state index in [9.17, 15) is 9.59 Å². The molecule has 6 heteroatoms. The lowest BCUT2D eigenvalue weighted by molar-refractivity contribution is 0.0952. The van der Waals surface area contributed by atoms with E-state index in [1.54, 1.807) is 0 Å². The lowest BCUT2D eigenvalue weighted by Crippen LogP contribution is -2.23. The second-order valence-corrected chi connectivity index (χ2v) is 5.33. The number of carbonyl (C=O) groups is 2. The van der Waals surface area contributed by atoms with Crippen molar-refractivity contribution in [2.24, 2.45) is 0 Å². The number of ketones is 1. The number of H-pyrrole nitrogens is 1. The Kier molecular flexibility index (Phi) is 2.15. The second kappa shape index (κ2) is 3.43. The molecule has 2 aromatic rings. The van der Waals surface area contributed by atoms with Crippen molar-refractivity contribution >= 4 is 49.2 Å². The molecule has 4 nitrogen and oxygen atoms in total. The molecule has 16 heavy (non-hydrogen) atoms. The van der Waals surface area contributed by atoms with Crippen LogP contribution in [0.5, 0.6) is 0 Å². The molecule has 0 saturated heterocycles. The molecule has 3 rings (SSSR count). The van der Waals surface area contributed by atoms with Gasteiger partial charge in [0.1, 0.15) is 5.69 Å². The van der Waals surface area contributed by atoms with Crippen LogP contribution >= 0.6 is 27.3 Å². The maximum absolute atomic E-state index is 11.9. The molecular formula is C10H7BrN2O2S. The van der Waals surface area contributed by atoms with Gasteiger partial charge in [-0.15, -0.1) is 11.3 Å². The van der Waals surface area contributed by atoms with E-state index in [2.05, 4.69) is 26.2 Å². The Morgan fingerprint density at radius 1 is 1.38 bits per heavy atom. The van der Waals surface area contributed by atoms with Gasteiger partial charge in [0.25, 0.3) is 5.91 Å². The van der Waals surface area contributed by atoms with E-state index in [4.69, 9.17) is 0 Å². The van der Waals surface area contributed by atoms with Crippen molar-refractivity contribution in [3.05, 3.63) is 21.1 Å². The molecule has 1 aliphatic heterocycles. The van der Waals surface area contributed by atoms with Gasteiger partial charge in [-0.2, -0.15) is 0 Å². The number of hydrogen-bond acceptors (Lipinski definition) is 3. The van der Waals surface area contributed by atoms with Crippen LogP contribution in [0.1, 0.15) is 27.3 Å². The lowest BCUT2D eigenvalue weighted by atomic mass is 10.1. The van der Waals surface area contributed by atoms with E-state index in [0.717, 1.165) is 14.7 Å². The van der Waals surface area contributed by atoms with Crippen molar-refractivity contribution in [3.63, 3.8) is 0 Å². The summed E-state index contributed by atoms with van der Waals surface area (Å²) in [5.41, 5.74) is 1.77. The number of thiophene rings is 1. The van der Waals surface area contributed by atoms with Gasteiger partial charge in [0.2, 0.25) is 0 Å². The highest BCUT2D eigenvalue weighted by Crippen LogP contribution is 2.35. The number of aromatic amines is 1. The van der Waals surface area contributed by atoms with Gasteiger partial charge < -0.3 is 10.3 Å². The van der Waals surface area contributed by atoms with Gasteiger partial charge in [-0.25, -0.2) is 0 Å². The highest BCUT2D eigenvalue weighted by atomic mass is 79.9. The molecule has 0 saturated carbocycles. The number of nitrogens with one attached hydrogen (secondary N) is 2. The summed E-state index contributed by atoms with van der Waals surface area (Å²) in [6, 6.07) is 0. The lowest BCUT2D eigenvalue weighted by Gasteiger charge is -1.96. The molecule has 1 aliphatic rings. The fourth-order valence-electron chi connectivity index (χ4n) is 1.88. The minimum absolute atomic E-state index is 0.0222. The van der Waals surface area contributed by atoms with Gasteiger partial charge in [0.05, 0.1) is 20.3 Å². The predicted octanol–water partition coefficient (Wildman–Crippen LogP) is 2.31. The normalized spacial score (nSPS) is 16.1. The zero-order valence-electron chi connectivity index (χ0n) is 8.09. The molecule has 0 spiro atoms. The second-order valence-electron chi connectivity index (χ2n) is 3.59. The summed E-state index contributed by atoms with van der Waals surface area (Å²) >= 11 is 4.86. The van der Waals surface area contributed by atoms with Gasteiger partial charge in [0, 0.05) is 18.3 Å². The minimum Gasteiger partial charge on any atom is -0.350 e. The number of Topliss-reactive ketones (excluding diaryl/α,β-unsaturated/α-hetero) is 1. The van der Waals surface area contributed by atoms with Crippen LogP contribution < -0.4 is 5.32 Å². The van der Waals surface area contributed by atoms with Crippen LogP contribution in [-0.4, -0.2) is 23.2 Å². The van der Waals surface area contributed by atoms with Crippen LogP contribution in [0.15, 0.2) is 9.85 Å². The Morgan fingerprint density at radius 3 is 3.00 bits per heavy atom. The summed E-state index contributed by atoms with van der Waals surface area (Å²) in [7, 11) is 0. The molecule has 0 aliphatic carbocycles. The summed E-state index contributed by atoms with van der Waals surface area (Å²) in [4.78, 5) is 26.7. The SMILES string of the molecule is O=C1NCCC(=O)c2c1[nH]c1c(Br)csc21. The van der Waals surface area contributed by atoms with Crippen LogP contribution in [0.2, 0.25) is 0 Å². The molecule has 2 aromatic heterocycles. The molecule has 0 unspecified atom stereocenters. The highest BCUT2D eigenvalue weighted by Gasteiger charge is 2.27. The third-order valence-electron chi connectivity index (χ3n) is 2.62. The average molecular weight is 299 g/mol. The Labute approximate surface area is 103 Å². The number of halogens is 1. The number of hydrogen-bond donors (Lipinski definition) is 2. The first-order chi connectivity index (χ1) is 7.68. The van der Waals surface area contributed by atoms with Gasteiger partial charge in [-0.1, -0.05) is 0 Å². The molecule has 0 aromatic carbocycles. The van der Waals surface area contributed by atoms with E-state index >= 15 is 0 Å². The summed E-state index contributed by atoms with van der Waals surface area (Å²) < 4.78 is 1.75. The molecule has 0 fully saturated rings. The fourth-order valence-corrected chi connectivity index (χ4v) is 3.54. The summed E-state index contributed by atoms with van der Waals surface area (Å²) in [5.74, 6) is -0.176. The zero-order valence-corrected chi connectivity index (χ0v) is 10.5. The average Bonchev–Trinajstić information content (AvgIpc) is 2.74. The first-order valence-corrected chi connectivity index (χ1v) is 6.46. The Balaban J connectivity index is 2.37. The van der Waals surface area contributed by atoms with Crippen LogP contribution in [0.3, 0.4) is 0 Å². The number of aromatic nitrogens is 1. The first kappa shape index (κ1) is 10.0. The van der Waals surface area contributed by atoms with Crippen molar-refractivity contribution in [1.29, 1.82) is 0 Å². The molecule has 0 bridgehead atoms. The van der Waals surface area contributed by atoms with E-state index < -0.39 is 0 Å². The summed E-state index contributed by atoms with van der Waals surface area (Å²) in [6.45, 7) is 0.411. The molecule has 1 amide bonds. The Hall–Kier alpha value is -1.14. The van der Waals surface area contributed by atoms with Crippen LogP contribution in [0.25, 0.3) is 10.2 Å². The largest absolute Gasteiger partial charge is 0.350 e. The monoisotopic (exact) mass is 298 g/mol. The van der Waals surface area contributed by atoms with Crippen molar-refractivity contribution in [2.75, 3.05) is 6.54 Å². The van der Waals surface area contributed by atoms with Crippen molar-refractivity contribution in [1.82, 2.24) is 10.3 Å². The first-order valence-electron chi connectivity index (χ1n) is 4.78. The molecule has 82 valence electrons. The standard InChI is InChI=1S/C10H7BrN2O2S/c11-4-3-16-9-6-5(14)1-2-12-10(15)8(6)13-7(4)9/h3,13H,1-2H2,(H,12,15). The van der Waals surface area contributed by atoms with Crippen molar-refractivity contribution in [3.8, 4) is 0 Å². The predicted molar refractivity (Wildman–Crippen MR) is 65.2 cm³/mol. The molecule has 2 N–H and O–H groups in total. The topological polar surface area (TPSA) is 62.0 Å². The van der Waals surface area contributed by atoms with E-state index in [1.807, 2.05) is 5.38 Å². The van der Waals surface area contributed by atoms with Crippen LogP contribution in [0, 0.1) is 0 Å². The van der Waals surface area contributed by atoms with Crippen molar-refractivity contribution in [2.45, 2.75) is 6.42 Å². The van der Waals surface area contributed by atoms with Gasteiger partial charge >= 0.3 is 0 Å². The number of rotatable bonds is 0. The highest BCUT2D eigenvalue weighted by molar-refractivity contribution is 9.10. The fraction of sp³-hybridized carbons (Fsp3) is 0.200. The maximum atomic E-state index is 11.9. The van der Waals surface area contributed by atoms with Gasteiger partial charge in [-0.05, 0) is 15.9 Å². The third kappa shape index (κ3) is 1.26. The van der Waals surface area contributed by atoms with Crippen LogP contribution in [-0.2, 0) is 0 Å². The Morgan fingerprint density at radius 2 is 2.19 bits per heavy atom. The number of fused-ring (bicyclic) bond motifs is 3. The molecule has 0 atom stereocenters. The summed E-state index contributed by atoms with van der Waals surface area (Å²) in [5, 5.41) is 4.61. The van der Waals surface area contributed by atoms with Crippen molar-refractivity contribution < 1.29 is 9.59 Å². The van der Waals surface area contributed by atoms with E-state index in [0.29, 0.717) is 24.2 Å². The molecular weight excluding hydrogens is 292 g/mol. The molecule has 0 radical (unpaired) electrons. The number of amides is 1. The smallest absolute Gasteiger partial charge is 0.268 e. The number of carbonyl (C=O) groups excluding carboxylic acids is 2. The van der Waals surface area contributed by atoms with E-state index in [1.165, 1.54) is 11.3 Å². The zero-order chi connectivity index (χ0) is 11.3. The van der Waals surface area contributed by atoms with Gasteiger partial charge in [-0.3, -0.25) is 9.59 Å². The molecule has 3 heterocycles. The maximum Gasteiger partial charge on any atom is 0.268 e. The quantitative estimate of drug-likeness (QED) is 0.784. The third-order valence-corrected chi connectivity index (χ3v) is 4.54. The minimum atomic E-state index is -0.198.